The zero-order chi connectivity index (χ0) is 18.7. The molecule has 2 aromatic rings. The molecule has 142 valence electrons. The highest BCUT2D eigenvalue weighted by atomic mass is 32.2. The van der Waals surface area contributed by atoms with Crippen LogP contribution in [0.3, 0.4) is 0 Å². The second-order valence-corrected chi connectivity index (χ2v) is 8.99. The molecule has 3 rings (SSSR count). The Morgan fingerprint density at radius 2 is 2.12 bits per heavy atom. The summed E-state index contributed by atoms with van der Waals surface area (Å²) < 4.78 is 36.0. The number of hydrogen-bond acceptors (Lipinski definition) is 7. The summed E-state index contributed by atoms with van der Waals surface area (Å²) in [6.07, 6.45) is 1.58. The number of rotatable bonds is 7. The molecule has 0 saturated carbocycles. The quantitative estimate of drug-likeness (QED) is 0.665. The van der Waals surface area contributed by atoms with Gasteiger partial charge >= 0.3 is 0 Å². The van der Waals surface area contributed by atoms with E-state index in [1.807, 2.05) is 24.3 Å². The first-order valence-corrected chi connectivity index (χ1v) is 10.8. The Hall–Kier alpha value is -1.71. The standard InChI is InChI=1S/C17H23N3O4S2/c1-3-9-19(14-8-10-26(21,22)11-14)12-20-17(25)24-16(18-20)13-4-6-15(23-2)7-5-13/h4-7,14H,3,8-12H2,1-2H3. The fraction of sp³-hybridized carbons (Fsp3) is 0.529. The minimum absolute atomic E-state index is 0.00277. The van der Waals surface area contributed by atoms with Crippen LogP contribution in [0.25, 0.3) is 11.5 Å². The van der Waals surface area contributed by atoms with Crippen molar-refractivity contribution in [3.63, 3.8) is 0 Å². The Morgan fingerprint density at radius 1 is 1.38 bits per heavy atom. The van der Waals surface area contributed by atoms with Gasteiger partial charge in [0, 0.05) is 11.6 Å². The maximum atomic E-state index is 11.8. The maximum absolute atomic E-state index is 11.8. The first kappa shape index (κ1) is 19.1. The van der Waals surface area contributed by atoms with Crippen LogP contribution in [0.4, 0.5) is 0 Å². The lowest BCUT2D eigenvalue weighted by Crippen LogP contribution is -2.38. The van der Waals surface area contributed by atoms with Crippen LogP contribution in [-0.4, -0.2) is 54.3 Å². The molecule has 26 heavy (non-hydrogen) atoms. The monoisotopic (exact) mass is 397 g/mol. The van der Waals surface area contributed by atoms with Crippen LogP contribution in [0.5, 0.6) is 5.75 Å². The molecule has 0 bridgehead atoms. The molecular formula is C17H23N3O4S2. The summed E-state index contributed by atoms with van der Waals surface area (Å²) in [4.78, 5) is 2.40. The van der Waals surface area contributed by atoms with E-state index in [2.05, 4.69) is 16.9 Å². The van der Waals surface area contributed by atoms with Gasteiger partial charge in [-0.05, 0) is 55.9 Å². The molecular weight excluding hydrogens is 374 g/mol. The van der Waals surface area contributed by atoms with Gasteiger partial charge in [0.15, 0.2) is 9.84 Å². The highest BCUT2D eigenvalue weighted by Crippen LogP contribution is 2.23. The Labute approximate surface area is 158 Å². The SMILES string of the molecule is CCCN(Cn1nc(-c2ccc(OC)cc2)oc1=S)C1CCS(=O)(=O)C1. The molecule has 1 atom stereocenters. The lowest BCUT2D eigenvalue weighted by Gasteiger charge is -2.26. The smallest absolute Gasteiger partial charge is 0.288 e. The molecule has 1 aliphatic rings. The third-order valence-corrected chi connectivity index (χ3v) is 6.54. The fourth-order valence-electron chi connectivity index (χ4n) is 3.14. The van der Waals surface area contributed by atoms with Crippen molar-refractivity contribution in [2.75, 3.05) is 25.2 Å². The summed E-state index contributed by atoms with van der Waals surface area (Å²) >= 11 is 5.31. The van der Waals surface area contributed by atoms with E-state index in [4.69, 9.17) is 21.4 Å². The van der Waals surface area contributed by atoms with Crippen LogP contribution >= 0.6 is 12.2 Å². The Morgan fingerprint density at radius 3 is 2.69 bits per heavy atom. The molecule has 0 N–H and O–H groups in total. The highest BCUT2D eigenvalue weighted by Gasteiger charge is 2.32. The largest absolute Gasteiger partial charge is 0.497 e. The van der Waals surface area contributed by atoms with E-state index in [1.165, 1.54) is 0 Å². The van der Waals surface area contributed by atoms with Crippen LogP contribution in [0, 0.1) is 4.84 Å². The van der Waals surface area contributed by atoms with E-state index in [-0.39, 0.29) is 22.4 Å². The second kappa shape index (κ2) is 7.89. The van der Waals surface area contributed by atoms with Crippen molar-refractivity contribution < 1.29 is 17.6 Å². The summed E-state index contributed by atoms with van der Waals surface area (Å²) in [5, 5.41) is 4.48. The molecule has 1 aromatic carbocycles. The van der Waals surface area contributed by atoms with Crippen molar-refractivity contribution in [1.29, 1.82) is 0 Å². The van der Waals surface area contributed by atoms with Crippen LogP contribution in [-0.2, 0) is 16.5 Å². The molecule has 0 aliphatic carbocycles. The van der Waals surface area contributed by atoms with Crippen LogP contribution in [0.2, 0.25) is 0 Å². The number of methoxy groups -OCH3 is 1. The van der Waals surface area contributed by atoms with Gasteiger partial charge in [-0.25, -0.2) is 13.1 Å². The van der Waals surface area contributed by atoms with Gasteiger partial charge in [-0.15, -0.1) is 5.10 Å². The van der Waals surface area contributed by atoms with Gasteiger partial charge in [0.05, 0.1) is 25.3 Å². The van der Waals surface area contributed by atoms with E-state index >= 15 is 0 Å². The van der Waals surface area contributed by atoms with E-state index in [1.54, 1.807) is 11.8 Å². The Kier molecular flexibility index (Phi) is 5.79. The third-order valence-electron chi connectivity index (χ3n) is 4.49. The van der Waals surface area contributed by atoms with Crippen molar-refractivity contribution in [1.82, 2.24) is 14.7 Å². The number of nitrogens with zero attached hydrogens (tertiary/aromatic N) is 3. The lowest BCUT2D eigenvalue weighted by atomic mass is 10.2. The molecule has 1 saturated heterocycles. The van der Waals surface area contributed by atoms with E-state index in [9.17, 15) is 8.42 Å². The molecule has 1 unspecified atom stereocenters. The summed E-state index contributed by atoms with van der Waals surface area (Å²) in [5.41, 5.74) is 0.807. The van der Waals surface area contributed by atoms with E-state index in [0.717, 1.165) is 24.3 Å². The number of aromatic nitrogens is 2. The molecule has 7 nitrogen and oxygen atoms in total. The zero-order valence-electron chi connectivity index (χ0n) is 14.9. The molecule has 0 amide bonds. The molecule has 0 radical (unpaired) electrons. The van der Waals surface area contributed by atoms with Crippen LogP contribution < -0.4 is 4.74 Å². The average Bonchev–Trinajstić information content (AvgIpc) is 3.17. The van der Waals surface area contributed by atoms with Crippen molar-refractivity contribution in [2.24, 2.45) is 0 Å². The van der Waals surface area contributed by atoms with Gasteiger partial charge in [0.25, 0.3) is 4.84 Å². The van der Waals surface area contributed by atoms with Crippen molar-refractivity contribution >= 4 is 22.1 Å². The van der Waals surface area contributed by atoms with Gasteiger partial charge < -0.3 is 9.15 Å². The minimum Gasteiger partial charge on any atom is -0.497 e. The first-order chi connectivity index (χ1) is 12.4. The zero-order valence-corrected chi connectivity index (χ0v) is 16.6. The third kappa shape index (κ3) is 4.33. The van der Waals surface area contributed by atoms with Gasteiger partial charge in [-0.1, -0.05) is 6.92 Å². The normalized spacial score (nSPS) is 19.1. The van der Waals surface area contributed by atoms with E-state index in [0.29, 0.717) is 19.0 Å². The lowest BCUT2D eigenvalue weighted by molar-refractivity contribution is 0.153. The minimum atomic E-state index is -2.94. The highest BCUT2D eigenvalue weighted by molar-refractivity contribution is 7.91. The molecule has 2 heterocycles. The first-order valence-electron chi connectivity index (χ1n) is 8.58. The molecule has 1 aromatic heterocycles. The maximum Gasteiger partial charge on any atom is 0.288 e. The van der Waals surface area contributed by atoms with E-state index < -0.39 is 9.84 Å². The molecule has 1 fully saturated rings. The van der Waals surface area contributed by atoms with Gasteiger partial charge in [0.1, 0.15) is 5.75 Å². The summed E-state index contributed by atoms with van der Waals surface area (Å²) in [6.45, 7) is 3.28. The summed E-state index contributed by atoms with van der Waals surface area (Å²) in [6, 6.07) is 7.39. The Bertz CT molecular complexity index is 903. The summed E-state index contributed by atoms with van der Waals surface area (Å²) in [5.74, 6) is 1.64. The van der Waals surface area contributed by atoms with Gasteiger partial charge in [-0.2, -0.15) is 0 Å². The molecule has 9 heteroatoms. The van der Waals surface area contributed by atoms with Crippen molar-refractivity contribution in [3.05, 3.63) is 29.1 Å². The number of ether oxygens (including phenoxy) is 1. The second-order valence-electron chi connectivity index (χ2n) is 6.41. The topological polar surface area (TPSA) is 77.6 Å². The predicted molar refractivity (Wildman–Crippen MR) is 101 cm³/mol. The predicted octanol–water partition coefficient (Wildman–Crippen LogP) is 2.74. The van der Waals surface area contributed by atoms with Crippen LogP contribution in [0.15, 0.2) is 28.7 Å². The van der Waals surface area contributed by atoms with Crippen molar-refractivity contribution in [3.8, 4) is 17.2 Å². The van der Waals surface area contributed by atoms with Crippen LogP contribution in [0.1, 0.15) is 19.8 Å². The number of sulfone groups is 1. The summed E-state index contributed by atoms with van der Waals surface area (Å²) in [7, 11) is -1.33. The molecule has 0 spiro atoms. The van der Waals surface area contributed by atoms with Gasteiger partial charge in [-0.3, -0.25) is 4.90 Å². The van der Waals surface area contributed by atoms with Gasteiger partial charge in [0.2, 0.25) is 5.89 Å². The van der Waals surface area contributed by atoms with Crippen molar-refractivity contribution in [2.45, 2.75) is 32.5 Å². The number of benzene rings is 1. The average molecular weight is 398 g/mol. The fourth-order valence-corrected chi connectivity index (χ4v) is 5.08. The number of hydrogen-bond donors (Lipinski definition) is 0. The Balaban J connectivity index is 1.79. The molecule has 1 aliphatic heterocycles.